The van der Waals surface area contributed by atoms with E-state index in [-0.39, 0.29) is 5.43 Å². The summed E-state index contributed by atoms with van der Waals surface area (Å²) in [5.41, 5.74) is 4.41. The van der Waals surface area contributed by atoms with Gasteiger partial charge < -0.3 is 9.52 Å². The Balaban J connectivity index is 2.11. The third kappa shape index (κ3) is 2.46. The summed E-state index contributed by atoms with van der Waals surface area (Å²) in [5.74, 6) is 0.413. The van der Waals surface area contributed by atoms with Gasteiger partial charge in [0, 0.05) is 35.6 Å². The van der Waals surface area contributed by atoms with E-state index in [0.29, 0.717) is 11.5 Å². The number of benzene rings is 1. The minimum atomic E-state index is -0.0379. The van der Waals surface area contributed by atoms with Gasteiger partial charge in [-0.05, 0) is 30.9 Å². The predicted molar refractivity (Wildman–Crippen MR) is 101 cm³/mol. The number of hydrogen-bond acceptors (Lipinski definition) is 3. The Kier molecular flexibility index (Phi) is 3.86. The van der Waals surface area contributed by atoms with Gasteiger partial charge in [0.05, 0.1) is 0 Å². The molecular weight excluding hydrogens is 314 g/mol. The number of aromatic amines is 1. The summed E-state index contributed by atoms with van der Waals surface area (Å²) >= 11 is 0. The molecule has 4 aromatic rings. The van der Waals surface area contributed by atoms with E-state index in [1.807, 2.05) is 24.0 Å². The quantitative estimate of drug-likeness (QED) is 0.566. The highest BCUT2D eigenvalue weighted by atomic mass is 16.3. The van der Waals surface area contributed by atoms with Crippen LogP contribution in [0.25, 0.3) is 33.1 Å². The molecule has 0 aliphatic carbocycles. The highest BCUT2D eigenvalue weighted by Crippen LogP contribution is 2.39. The fourth-order valence-electron chi connectivity index (χ4n) is 3.79. The molecule has 0 aliphatic heterocycles. The third-order valence-electron chi connectivity index (χ3n) is 5.16. The average Bonchev–Trinajstić information content (AvgIpc) is 3.15. The number of nitrogens with one attached hydrogen (secondary N) is 1. The Bertz CT molecular complexity index is 1120. The van der Waals surface area contributed by atoms with Crippen molar-refractivity contribution in [2.75, 3.05) is 0 Å². The van der Waals surface area contributed by atoms with Crippen LogP contribution in [0.2, 0.25) is 0 Å². The van der Waals surface area contributed by atoms with Crippen LogP contribution in [-0.2, 0) is 7.05 Å². The molecule has 0 radical (unpaired) electrons. The molecule has 0 spiro atoms. The molecule has 0 fully saturated rings. The van der Waals surface area contributed by atoms with Gasteiger partial charge in [-0.1, -0.05) is 26.7 Å². The maximum atomic E-state index is 11.7. The van der Waals surface area contributed by atoms with Crippen molar-refractivity contribution < 1.29 is 4.42 Å². The van der Waals surface area contributed by atoms with Gasteiger partial charge in [-0.3, -0.25) is 9.48 Å². The largest absolute Gasteiger partial charge is 0.454 e. The molecule has 0 amide bonds. The highest BCUT2D eigenvalue weighted by Gasteiger charge is 2.23. The maximum absolute atomic E-state index is 11.7. The zero-order valence-corrected chi connectivity index (χ0v) is 14.9. The third-order valence-corrected chi connectivity index (χ3v) is 5.16. The monoisotopic (exact) mass is 337 g/mol. The number of aromatic nitrogens is 3. The topological polar surface area (TPSA) is 63.8 Å². The molecule has 3 aromatic heterocycles. The molecule has 0 bridgehead atoms. The summed E-state index contributed by atoms with van der Waals surface area (Å²) in [6.07, 6.45) is 6.55. The smallest absolute Gasteiger partial charge is 0.182 e. The predicted octanol–water partition coefficient (Wildman–Crippen LogP) is 4.84. The Hall–Kier alpha value is -2.56. The first-order valence-corrected chi connectivity index (χ1v) is 9.04. The molecule has 0 saturated heterocycles. The summed E-state index contributed by atoms with van der Waals surface area (Å²) in [6, 6.07) is 4.96. The summed E-state index contributed by atoms with van der Waals surface area (Å²) < 4.78 is 8.10. The van der Waals surface area contributed by atoms with Gasteiger partial charge in [-0.25, -0.2) is 4.98 Å². The van der Waals surface area contributed by atoms with E-state index in [4.69, 9.17) is 9.40 Å². The number of fused-ring (bicyclic) bond motifs is 4. The Labute approximate surface area is 145 Å². The van der Waals surface area contributed by atoms with E-state index < -0.39 is 0 Å². The Morgan fingerprint density at radius 1 is 1.28 bits per heavy atom. The van der Waals surface area contributed by atoms with Crippen molar-refractivity contribution in [1.29, 1.82) is 0 Å². The minimum absolute atomic E-state index is 0.0379. The lowest BCUT2D eigenvalue weighted by atomic mass is 9.89. The van der Waals surface area contributed by atoms with Crippen LogP contribution < -0.4 is 5.43 Å². The highest BCUT2D eigenvalue weighted by molar-refractivity contribution is 6.07. The van der Waals surface area contributed by atoms with Crippen LogP contribution in [-0.4, -0.2) is 14.8 Å². The van der Waals surface area contributed by atoms with Crippen molar-refractivity contribution in [3.8, 4) is 0 Å². The van der Waals surface area contributed by atoms with Crippen LogP contribution in [0.1, 0.15) is 51.0 Å². The molecule has 1 N–H and O–H groups in total. The number of rotatable bonds is 5. The second-order valence-corrected chi connectivity index (χ2v) is 6.78. The number of furan rings is 1. The molecule has 130 valence electrons. The van der Waals surface area contributed by atoms with Gasteiger partial charge in [0.1, 0.15) is 11.1 Å². The number of unbranched alkanes of at least 4 members (excludes halogenated alkanes) is 1. The Morgan fingerprint density at radius 2 is 2.12 bits per heavy atom. The molecule has 1 aromatic carbocycles. The number of aryl methyl sites for hydroxylation is 1. The van der Waals surface area contributed by atoms with Gasteiger partial charge in [0.15, 0.2) is 16.7 Å². The Morgan fingerprint density at radius 3 is 2.88 bits per heavy atom. The van der Waals surface area contributed by atoms with Gasteiger partial charge in [-0.2, -0.15) is 0 Å². The van der Waals surface area contributed by atoms with Crippen LogP contribution in [0.3, 0.4) is 0 Å². The van der Waals surface area contributed by atoms with E-state index in [0.717, 1.165) is 40.4 Å². The SMILES string of the molecule is CCCCC(CC)c1c2c[nH]n(C)c2nc2c1oc1cc(=O)ccc12. The van der Waals surface area contributed by atoms with Gasteiger partial charge in [0.25, 0.3) is 0 Å². The molecule has 3 heterocycles. The molecule has 5 nitrogen and oxygen atoms in total. The number of nitrogens with zero attached hydrogens (tertiary/aromatic N) is 2. The molecule has 1 atom stereocenters. The van der Waals surface area contributed by atoms with Crippen LogP contribution in [0.15, 0.2) is 33.6 Å². The first-order valence-electron chi connectivity index (χ1n) is 9.04. The summed E-state index contributed by atoms with van der Waals surface area (Å²) in [4.78, 5) is 16.6. The molecule has 4 rings (SSSR count). The van der Waals surface area contributed by atoms with Crippen molar-refractivity contribution in [3.63, 3.8) is 0 Å². The van der Waals surface area contributed by atoms with Crippen LogP contribution in [0.5, 0.6) is 0 Å². The van der Waals surface area contributed by atoms with Crippen molar-refractivity contribution >= 4 is 33.1 Å². The molecule has 25 heavy (non-hydrogen) atoms. The molecule has 5 heteroatoms. The summed E-state index contributed by atoms with van der Waals surface area (Å²) in [6.45, 7) is 4.45. The number of hydrogen-bond donors (Lipinski definition) is 1. The van der Waals surface area contributed by atoms with Crippen molar-refractivity contribution in [2.45, 2.75) is 45.4 Å². The first kappa shape index (κ1) is 15.9. The normalized spacial score (nSPS) is 13.2. The zero-order chi connectivity index (χ0) is 17.6. The fraction of sp³-hybridized carbons (Fsp3) is 0.400. The van der Waals surface area contributed by atoms with Crippen molar-refractivity contribution in [1.82, 2.24) is 14.8 Å². The number of pyridine rings is 1. The fourth-order valence-corrected chi connectivity index (χ4v) is 3.79. The van der Waals surface area contributed by atoms with E-state index in [1.165, 1.54) is 18.4 Å². The lowest BCUT2D eigenvalue weighted by molar-refractivity contribution is 0.564. The summed E-state index contributed by atoms with van der Waals surface area (Å²) in [5, 5.41) is 5.25. The van der Waals surface area contributed by atoms with Crippen LogP contribution >= 0.6 is 0 Å². The minimum Gasteiger partial charge on any atom is -0.454 e. The van der Waals surface area contributed by atoms with Crippen molar-refractivity contribution in [2.24, 2.45) is 7.05 Å². The standard InChI is InChI=1S/C20H23N3O2/c1-4-6-7-12(5-2)17-15-11-21-23(3)20(15)22-18-14-9-8-13(24)10-16(14)25-19(17)18/h8-12,21H,4-7H2,1-3H3. The van der Waals surface area contributed by atoms with Crippen LogP contribution in [0, 0.1) is 0 Å². The van der Waals surface area contributed by atoms with Gasteiger partial charge >= 0.3 is 0 Å². The molecule has 1 unspecified atom stereocenters. The second-order valence-electron chi connectivity index (χ2n) is 6.78. The zero-order valence-electron chi connectivity index (χ0n) is 14.9. The lowest BCUT2D eigenvalue weighted by Gasteiger charge is -2.16. The first-order chi connectivity index (χ1) is 12.1. The molecular formula is C20H23N3O2. The second kappa shape index (κ2) is 6.06. The van der Waals surface area contributed by atoms with Crippen molar-refractivity contribution in [3.05, 3.63) is 40.2 Å². The van der Waals surface area contributed by atoms with E-state index >= 15 is 0 Å². The molecule has 0 saturated carbocycles. The number of H-pyrrole nitrogens is 1. The van der Waals surface area contributed by atoms with E-state index in [2.05, 4.69) is 18.9 Å². The summed E-state index contributed by atoms with van der Waals surface area (Å²) in [7, 11) is 1.97. The van der Waals surface area contributed by atoms with Gasteiger partial charge in [0.2, 0.25) is 0 Å². The van der Waals surface area contributed by atoms with Gasteiger partial charge in [-0.15, -0.1) is 0 Å². The average molecular weight is 337 g/mol. The van der Waals surface area contributed by atoms with Crippen LogP contribution in [0.4, 0.5) is 0 Å². The maximum Gasteiger partial charge on any atom is 0.182 e. The van der Waals surface area contributed by atoms with E-state index in [9.17, 15) is 4.79 Å². The van der Waals surface area contributed by atoms with E-state index in [1.54, 1.807) is 12.1 Å². The lowest BCUT2D eigenvalue weighted by Crippen LogP contribution is -2.01. The molecule has 0 aliphatic rings.